The lowest BCUT2D eigenvalue weighted by atomic mass is 10.1. The molecule has 0 aliphatic carbocycles. The maximum absolute atomic E-state index is 12.2. The van der Waals surface area contributed by atoms with Crippen LogP contribution in [0.2, 0.25) is 5.02 Å². The van der Waals surface area contributed by atoms with Crippen molar-refractivity contribution in [3.63, 3.8) is 0 Å². The summed E-state index contributed by atoms with van der Waals surface area (Å²) in [6.45, 7) is 1.31. The zero-order chi connectivity index (χ0) is 11.5. The lowest BCUT2D eigenvalue weighted by Crippen LogP contribution is -2.40. The molecule has 1 aliphatic rings. The Kier molecular flexibility index (Phi) is 3.46. The average Bonchev–Trinajstić information content (AvgIpc) is 2.77. The number of nitrogens with zero attached hydrogens (tertiary/aromatic N) is 1. The van der Waals surface area contributed by atoms with E-state index < -0.39 is 0 Å². The highest BCUT2D eigenvalue weighted by Crippen LogP contribution is 2.23. The van der Waals surface area contributed by atoms with E-state index >= 15 is 0 Å². The number of rotatable bonds is 2. The van der Waals surface area contributed by atoms with Gasteiger partial charge >= 0.3 is 0 Å². The average molecular weight is 239 g/mol. The number of nitrogens with two attached hydrogens (primary N) is 1. The Hall–Kier alpha value is -1.06. The Morgan fingerprint density at radius 1 is 1.50 bits per heavy atom. The molecule has 1 aliphatic heterocycles. The molecule has 0 bridgehead atoms. The molecule has 0 unspecified atom stereocenters. The molecule has 1 amide bonds. The summed E-state index contributed by atoms with van der Waals surface area (Å²) in [5.41, 5.74) is 6.22. The molecule has 0 saturated carbocycles. The van der Waals surface area contributed by atoms with Crippen LogP contribution in [-0.2, 0) is 0 Å². The number of halogens is 1. The molecule has 1 aromatic rings. The number of likely N-dealkylation sites (tertiary alicyclic amines) is 1. The van der Waals surface area contributed by atoms with Crippen molar-refractivity contribution >= 4 is 17.5 Å². The highest BCUT2D eigenvalue weighted by Gasteiger charge is 2.28. The first-order chi connectivity index (χ1) is 7.74. The predicted octanol–water partition coefficient (Wildman–Crippen LogP) is 1.90. The molecule has 16 heavy (non-hydrogen) atoms. The van der Waals surface area contributed by atoms with Gasteiger partial charge in [0.25, 0.3) is 5.91 Å². The summed E-state index contributed by atoms with van der Waals surface area (Å²) in [5, 5.41) is 0.509. The first-order valence-electron chi connectivity index (χ1n) is 5.49. The van der Waals surface area contributed by atoms with Gasteiger partial charge in [0, 0.05) is 19.1 Å². The van der Waals surface area contributed by atoms with Crippen molar-refractivity contribution in [2.24, 2.45) is 5.73 Å². The van der Waals surface area contributed by atoms with Crippen molar-refractivity contribution in [1.82, 2.24) is 4.90 Å². The third-order valence-corrected chi connectivity index (χ3v) is 3.34. The Morgan fingerprint density at radius 2 is 2.25 bits per heavy atom. The van der Waals surface area contributed by atoms with Crippen molar-refractivity contribution in [1.29, 1.82) is 0 Å². The smallest absolute Gasteiger partial charge is 0.255 e. The van der Waals surface area contributed by atoms with Crippen LogP contribution in [0.5, 0.6) is 0 Å². The first kappa shape index (κ1) is 11.4. The van der Waals surface area contributed by atoms with Gasteiger partial charge in [0.15, 0.2) is 0 Å². The number of carbonyl (C=O) groups excluding carboxylic acids is 1. The molecule has 1 heterocycles. The molecule has 2 N–H and O–H groups in total. The minimum atomic E-state index is -0.00134. The minimum Gasteiger partial charge on any atom is -0.334 e. The van der Waals surface area contributed by atoms with Gasteiger partial charge < -0.3 is 10.6 Å². The van der Waals surface area contributed by atoms with Crippen LogP contribution in [0.15, 0.2) is 24.3 Å². The van der Waals surface area contributed by atoms with Gasteiger partial charge in [-0.05, 0) is 25.0 Å². The third kappa shape index (κ3) is 2.06. The van der Waals surface area contributed by atoms with Gasteiger partial charge in [-0.3, -0.25) is 4.79 Å². The van der Waals surface area contributed by atoms with Crippen molar-refractivity contribution in [3.05, 3.63) is 34.9 Å². The Bertz CT molecular complexity index is 394. The fraction of sp³-hybridized carbons (Fsp3) is 0.417. The summed E-state index contributed by atoms with van der Waals surface area (Å²) in [7, 11) is 0. The topological polar surface area (TPSA) is 46.3 Å². The third-order valence-electron chi connectivity index (χ3n) is 3.01. The van der Waals surface area contributed by atoms with Crippen LogP contribution < -0.4 is 5.73 Å². The Labute approximate surface area is 100 Å². The van der Waals surface area contributed by atoms with Crippen LogP contribution in [0, 0.1) is 0 Å². The van der Waals surface area contributed by atoms with Crippen LogP contribution in [0.4, 0.5) is 0 Å². The lowest BCUT2D eigenvalue weighted by molar-refractivity contribution is 0.0741. The van der Waals surface area contributed by atoms with Crippen molar-refractivity contribution in [2.75, 3.05) is 13.1 Å². The fourth-order valence-electron chi connectivity index (χ4n) is 2.14. The molecule has 1 aromatic carbocycles. The minimum absolute atomic E-state index is 0.00134. The van der Waals surface area contributed by atoms with Crippen LogP contribution in [-0.4, -0.2) is 29.9 Å². The second-order valence-electron chi connectivity index (χ2n) is 4.01. The normalized spacial score (nSPS) is 20.1. The molecule has 86 valence electrons. The molecule has 0 spiro atoms. The van der Waals surface area contributed by atoms with Crippen molar-refractivity contribution in [3.8, 4) is 0 Å². The molecule has 3 nitrogen and oxygen atoms in total. The lowest BCUT2D eigenvalue weighted by Gasteiger charge is -2.23. The maximum Gasteiger partial charge on any atom is 0.255 e. The molecule has 2 rings (SSSR count). The van der Waals surface area contributed by atoms with Gasteiger partial charge in [-0.2, -0.15) is 0 Å². The number of hydrogen-bond acceptors (Lipinski definition) is 2. The van der Waals surface area contributed by atoms with E-state index in [1.165, 1.54) is 0 Å². The zero-order valence-corrected chi connectivity index (χ0v) is 9.78. The second-order valence-corrected chi connectivity index (χ2v) is 4.42. The quantitative estimate of drug-likeness (QED) is 0.856. The zero-order valence-electron chi connectivity index (χ0n) is 9.03. The van der Waals surface area contributed by atoms with E-state index in [1.807, 2.05) is 17.0 Å². The van der Waals surface area contributed by atoms with Crippen LogP contribution in [0.3, 0.4) is 0 Å². The van der Waals surface area contributed by atoms with E-state index in [0.717, 1.165) is 19.4 Å². The number of carbonyl (C=O) groups is 1. The Balaban J connectivity index is 2.22. The van der Waals surface area contributed by atoms with E-state index in [2.05, 4.69) is 0 Å². The monoisotopic (exact) mass is 238 g/mol. The standard InChI is InChI=1S/C12H15ClN2O/c13-11-6-2-1-5-10(11)12(16)15-7-3-4-9(15)8-14/h1-2,5-6,9H,3-4,7-8,14H2/t9-/m0/s1. The summed E-state index contributed by atoms with van der Waals surface area (Å²) < 4.78 is 0. The van der Waals surface area contributed by atoms with Gasteiger partial charge in [0.2, 0.25) is 0 Å². The summed E-state index contributed by atoms with van der Waals surface area (Å²) in [6, 6.07) is 7.32. The van der Waals surface area contributed by atoms with Crippen LogP contribution >= 0.6 is 11.6 Å². The predicted molar refractivity (Wildman–Crippen MR) is 64.6 cm³/mol. The van der Waals surface area contributed by atoms with E-state index in [0.29, 0.717) is 17.1 Å². The molecule has 0 radical (unpaired) electrons. The largest absolute Gasteiger partial charge is 0.334 e. The van der Waals surface area contributed by atoms with Gasteiger partial charge in [-0.15, -0.1) is 0 Å². The molecular formula is C12H15ClN2O. The highest BCUT2D eigenvalue weighted by atomic mass is 35.5. The summed E-state index contributed by atoms with van der Waals surface area (Å²) >= 11 is 6.01. The molecule has 1 fully saturated rings. The van der Waals surface area contributed by atoms with Crippen molar-refractivity contribution in [2.45, 2.75) is 18.9 Å². The second kappa shape index (κ2) is 4.85. The van der Waals surface area contributed by atoms with Gasteiger partial charge in [0.05, 0.1) is 10.6 Å². The summed E-state index contributed by atoms with van der Waals surface area (Å²) in [4.78, 5) is 14.1. The maximum atomic E-state index is 12.2. The molecular weight excluding hydrogens is 224 g/mol. The number of benzene rings is 1. The Morgan fingerprint density at radius 3 is 2.94 bits per heavy atom. The summed E-state index contributed by atoms with van der Waals surface area (Å²) in [5.74, 6) is -0.00134. The number of amides is 1. The molecule has 4 heteroatoms. The number of hydrogen-bond donors (Lipinski definition) is 1. The van der Waals surface area contributed by atoms with Crippen molar-refractivity contribution < 1.29 is 4.79 Å². The van der Waals surface area contributed by atoms with Gasteiger partial charge in [-0.1, -0.05) is 23.7 Å². The van der Waals surface area contributed by atoms with E-state index in [-0.39, 0.29) is 11.9 Å². The summed E-state index contributed by atoms with van der Waals surface area (Å²) in [6.07, 6.45) is 2.02. The molecule has 1 atom stereocenters. The van der Waals surface area contributed by atoms with E-state index in [9.17, 15) is 4.79 Å². The van der Waals surface area contributed by atoms with Gasteiger partial charge in [0.1, 0.15) is 0 Å². The molecule has 1 saturated heterocycles. The SMILES string of the molecule is NC[C@@H]1CCCN1C(=O)c1ccccc1Cl. The van der Waals surface area contributed by atoms with E-state index in [1.54, 1.807) is 12.1 Å². The van der Waals surface area contributed by atoms with E-state index in [4.69, 9.17) is 17.3 Å². The van der Waals surface area contributed by atoms with Crippen LogP contribution in [0.25, 0.3) is 0 Å². The van der Waals surface area contributed by atoms with Crippen LogP contribution in [0.1, 0.15) is 23.2 Å². The fourth-order valence-corrected chi connectivity index (χ4v) is 2.35. The highest BCUT2D eigenvalue weighted by molar-refractivity contribution is 6.33. The molecule has 0 aromatic heterocycles. The first-order valence-corrected chi connectivity index (χ1v) is 5.87. The van der Waals surface area contributed by atoms with Gasteiger partial charge in [-0.25, -0.2) is 0 Å².